The number of urea groups is 1. The number of nitrogens with one attached hydrogen (secondary N) is 1. The van der Waals surface area contributed by atoms with Gasteiger partial charge in [-0.05, 0) is 38.5 Å². The van der Waals surface area contributed by atoms with Crippen molar-refractivity contribution in [3.05, 3.63) is 0 Å². The highest BCUT2D eigenvalue weighted by Crippen LogP contribution is 2.24. The van der Waals surface area contributed by atoms with Crippen LogP contribution in [0.25, 0.3) is 0 Å². The number of nitrogens with two attached hydrogens (primary N) is 1. The fraction of sp³-hybridized carbons (Fsp3) is 0.909. The van der Waals surface area contributed by atoms with Crippen molar-refractivity contribution in [2.75, 3.05) is 7.05 Å². The molecule has 2 amide bonds. The fourth-order valence-corrected chi connectivity index (χ4v) is 2.24. The van der Waals surface area contributed by atoms with E-state index in [2.05, 4.69) is 5.32 Å². The lowest BCUT2D eigenvalue weighted by Crippen LogP contribution is -2.46. The molecule has 2 aliphatic rings. The van der Waals surface area contributed by atoms with Gasteiger partial charge in [-0.3, -0.25) is 0 Å². The maximum atomic E-state index is 11.8. The zero-order chi connectivity index (χ0) is 11.5. The zero-order valence-electron chi connectivity index (χ0n) is 9.82. The average molecular weight is 227 g/mol. The molecular formula is C11H21N3O2. The van der Waals surface area contributed by atoms with Gasteiger partial charge in [0.2, 0.25) is 0 Å². The van der Waals surface area contributed by atoms with E-state index in [4.69, 9.17) is 10.7 Å². The third-order valence-corrected chi connectivity index (χ3v) is 3.61. The van der Waals surface area contributed by atoms with Crippen LogP contribution in [-0.4, -0.2) is 36.2 Å². The van der Waals surface area contributed by atoms with Gasteiger partial charge in [0.15, 0.2) is 0 Å². The van der Waals surface area contributed by atoms with Gasteiger partial charge in [0.1, 0.15) is 0 Å². The molecule has 92 valence electrons. The normalized spacial score (nSPS) is 29.9. The van der Waals surface area contributed by atoms with E-state index >= 15 is 0 Å². The number of rotatable bonds is 3. The lowest BCUT2D eigenvalue weighted by atomic mass is 9.92. The standard InChI is InChI=1S/C11H21N3O2/c1-14(11(15)13-8-2-3-8)9-4-6-10(16-12)7-5-9/h8-10H,2-7,12H2,1H3,(H,13,15). The first-order valence-electron chi connectivity index (χ1n) is 6.09. The largest absolute Gasteiger partial charge is 0.335 e. The van der Waals surface area contributed by atoms with Crippen LogP contribution in [0.5, 0.6) is 0 Å². The Hall–Kier alpha value is -0.810. The van der Waals surface area contributed by atoms with Crippen molar-refractivity contribution >= 4 is 6.03 Å². The summed E-state index contributed by atoms with van der Waals surface area (Å²) in [5.74, 6) is 5.17. The number of carbonyl (C=O) groups is 1. The molecule has 2 rings (SSSR count). The van der Waals surface area contributed by atoms with Crippen LogP contribution in [0.1, 0.15) is 38.5 Å². The number of hydrogen-bond donors (Lipinski definition) is 2. The molecule has 2 aliphatic carbocycles. The van der Waals surface area contributed by atoms with Gasteiger partial charge >= 0.3 is 6.03 Å². The van der Waals surface area contributed by atoms with E-state index in [9.17, 15) is 4.79 Å². The van der Waals surface area contributed by atoms with Crippen molar-refractivity contribution in [2.45, 2.75) is 56.7 Å². The van der Waals surface area contributed by atoms with Crippen LogP contribution < -0.4 is 11.2 Å². The zero-order valence-corrected chi connectivity index (χ0v) is 9.82. The van der Waals surface area contributed by atoms with Crippen molar-refractivity contribution in [3.8, 4) is 0 Å². The lowest BCUT2D eigenvalue weighted by molar-refractivity contribution is 0.0135. The van der Waals surface area contributed by atoms with Crippen LogP contribution in [0.15, 0.2) is 0 Å². The van der Waals surface area contributed by atoms with Crippen LogP contribution >= 0.6 is 0 Å². The minimum Gasteiger partial charge on any atom is -0.335 e. The molecule has 5 nitrogen and oxygen atoms in total. The van der Waals surface area contributed by atoms with Gasteiger partial charge in [0, 0.05) is 19.1 Å². The number of nitrogens with zero attached hydrogens (tertiary/aromatic N) is 1. The molecule has 0 spiro atoms. The summed E-state index contributed by atoms with van der Waals surface area (Å²) in [4.78, 5) is 18.5. The maximum absolute atomic E-state index is 11.8. The first-order chi connectivity index (χ1) is 7.70. The summed E-state index contributed by atoms with van der Waals surface area (Å²) in [5, 5.41) is 3.01. The van der Waals surface area contributed by atoms with E-state index in [0.29, 0.717) is 12.1 Å². The topological polar surface area (TPSA) is 67.6 Å². The summed E-state index contributed by atoms with van der Waals surface area (Å²) in [6.07, 6.45) is 6.30. The Morgan fingerprint density at radius 1 is 1.25 bits per heavy atom. The number of amides is 2. The Morgan fingerprint density at radius 2 is 1.88 bits per heavy atom. The van der Waals surface area contributed by atoms with Crippen LogP contribution in [-0.2, 0) is 4.84 Å². The fourth-order valence-electron chi connectivity index (χ4n) is 2.24. The van der Waals surface area contributed by atoms with Crippen LogP contribution in [0.4, 0.5) is 4.79 Å². The summed E-state index contributed by atoms with van der Waals surface area (Å²) in [6.45, 7) is 0. The molecule has 0 aromatic carbocycles. The van der Waals surface area contributed by atoms with E-state index in [-0.39, 0.29) is 12.1 Å². The Bertz CT molecular complexity index is 248. The third kappa shape index (κ3) is 2.86. The Morgan fingerprint density at radius 3 is 2.38 bits per heavy atom. The quantitative estimate of drug-likeness (QED) is 0.707. The third-order valence-electron chi connectivity index (χ3n) is 3.61. The highest BCUT2D eigenvalue weighted by Gasteiger charge is 2.29. The first-order valence-corrected chi connectivity index (χ1v) is 6.09. The molecule has 2 saturated carbocycles. The van der Waals surface area contributed by atoms with Crippen molar-refractivity contribution in [1.29, 1.82) is 0 Å². The minimum absolute atomic E-state index is 0.0691. The van der Waals surface area contributed by atoms with Crippen molar-refractivity contribution < 1.29 is 9.63 Å². The van der Waals surface area contributed by atoms with E-state index in [0.717, 1.165) is 38.5 Å². The second-order valence-corrected chi connectivity index (χ2v) is 4.90. The molecule has 0 radical (unpaired) electrons. The smallest absolute Gasteiger partial charge is 0.317 e. The molecule has 0 saturated heterocycles. The summed E-state index contributed by atoms with van der Waals surface area (Å²) < 4.78 is 0. The lowest BCUT2D eigenvalue weighted by Gasteiger charge is -2.33. The highest BCUT2D eigenvalue weighted by atomic mass is 16.6. The van der Waals surface area contributed by atoms with Crippen LogP contribution in [0, 0.1) is 0 Å². The predicted molar refractivity (Wildman–Crippen MR) is 60.6 cm³/mol. The monoisotopic (exact) mass is 227 g/mol. The molecule has 2 fully saturated rings. The molecule has 3 N–H and O–H groups in total. The molecule has 0 atom stereocenters. The predicted octanol–water partition coefficient (Wildman–Crippen LogP) is 0.992. The first kappa shape index (κ1) is 11.7. The molecule has 0 unspecified atom stereocenters. The Kier molecular flexibility index (Phi) is 3.66. The minimum atomic E-state index is 0.0691. The molecule has 0 aromatic rings. The average Bonchev–Trinajstić information content (AvgIpc) is 3.12. The van der Waals surface area contributed by atoms with Crippen LogP contribution in [0.2, 0.25) is 0 Å². The molecule has 0 aromatic heterocycles. The Balaban J connectivity index is 1.76. The van der Waals surface area contributed by atoms with Crippen LogP contribution in [0.3, 0.4) is 0 Å². The van der Waals surface area contributed by atoms with Gasteiger partial charge in [-0.15, -0.1) is 0 Å². The van der Waals surface area contributed by atoms with Gasteiger partial charge in [-0.1, -0.05) is 0 Å². The second kappa shape index (κ2) is 5.01. The summed E-state index contributed by atoms with van der Waals surface area (Å²) in [7, 11) is 1.88. The highest BCUT2D eigenvalue weighted by molar-refractivity contribution is 5.74. The molecule has 0 heterocycles. The SMILES string of the molecule is CN(C(=O)NC1CC1)C1CCC(ON)CC1. The summed E-state index contributed by atoms with van der Waals surface area (Å²) in [5.41, 5.74) is 0. The van der Waals surface area contributed by atoms with E-state index in [1.54, 1.807) is 0 Å². The van der Waals surface area contributed by atoms with Crippen molar-refractivity contribution in [2.24, 2.45) is 5.90 Å². The maximum Gasteiger partial charge on any atom is 0.317 e. The van der Waals surface area contributed by atoms with Crippen molar-refractivity contribution in [3.63, 3.8) is 0 Å². The van der Waals surface area contributed by atoms with E-state index in [1.165, 1.54) is 0 Å². The van der Waals surface area contributed by atoms with Crippen molar-refractivity contribution in [1.82, 2.24) is 10.2 Å². The number of hydrogen-bond acceptors (Lipinski definition) is 3. The molecule has 16 heavy (non-hydrogen) atoms. The van der Waals surface area contributed by atoms with E-state index < -0.39 is 0 Å². The van der Waals surface area contributed by atoms with Gasteiger partial charge < -0.3 is 15.1 Å². The molecule has 0 aliphatic heterocycles. The number of carbonyl (C=O) groups excluding carboxylic acids is 1. The molecule has 0 bridgehead atoms. The summed E-state index contributed by atoms with van der Waals surface area (Å²) in [6, 6.07) is 0.837. The molecular weight excluding hydrogens is 206 g/mol. The van der Waals surface area contributed by atoms with E-state index in [1.807, 2.05) is 11.9 Å². The summed E-state index contributed by atoms with van der Waals surface area (Å²) >= 11 is 0. The molecule has 5 heteroatoms. The van der Waals surface area contributed by atoms with Gasteiger partial charge in [-0.25, -0.2) is 10.7 Å². The second-order valence-electron chi connectivity index (χ2n) is 4.90. The Labute approximate surface area is 96.3 Å². The van der Waals surface area contributed by atoms with Gasteiger partial charge in [-0.2, -0.15) is 0 Å². The van der Waals surface area contributed by atoms with Gasteiger partial charge in [0.25, 0.3) is 0 Å². The van der Waals surface area contributed by atoms with Gasteiger partial charge in [0.05, 0.1) is 6.10 Å².